The number of nitrogens with one attached hydrogen (secondary N) is 1. The first kappa shape index (κ1) is 15.6. The second-order valence-electron chi connectivity index (χ2n) is 4.22. The zero-order chi connectivity index (χ0) is 15.3. The van der Waals surface area contributed by atoms with Gasteiger partial charge in [0.1, 0.15) is 0 Å². The molecule has 0 aliphatic rings. The molecule has 0 fully saturated rings. The molecule has 112 valence electrons. The quantitative estimate of drug-likeness (QED) is 0.858. The van der Waals surface area contributed by atoms with Crippen LogP contribution < -0.4 is 10.1 Å². The zero-order valence-electron chi connectivity index (χ0n) is 10.8. The van der Waals surface area contributed by atoms with Crippen molar-refractivity contribution in [1.82, 2.24) is 4.98 Å². The van der Waals surface area contributed by atoms with Crippen LogP contribution in [-0.2, 0) is 6.42 Å². The van der Waals surface area contributed by atoms with Crippen molar-refractivity contribution >= 4 is 21.6 Å². The van der Waals surface area contributed by atoms with Crippen LogP contribution in [0, 0.1) is 0 Å². The van der Waals surface area contributed by atoms with Crippen molar-refractivity contribution in [2.24, 2.45) is 0 Å². The number of hydrogen-bond donors (Lipinski definition) is 1. The lowest BCUT2D eigenvalue weighted by molar-refractivity contribution is -0.274. The minimum Gasteiger partial charge on any atom is -0.404 e. The van der Waals surface area contributed by atoms with Crippen LogP contribution >= 0.6 is 15.9 Å². The van der Waals surface area contributed by atoms with E-state index in [1.54, 1.807) is 18.5 Å². The average molecular weight is 361 g/mol. The van der Waals surface area contributed by atoms with Crippen LogP contribution in [0.25, 0.3) is 0 Å². The number of nitrogens with zero attached hydrogens (tertiary/aromatic N) is 1. The molecule has 7 heteroatoms. The van der Waals surface area contributed by atoms with Gasteiger partial charge in [0.25, 0.3) is 0 Å². The lowest BCUT2D eigenvalue weighted by atomic mass is 10.2. The predicted molar refractivity (Wildman–Crippen MR) is 77.3 cm³/mol. The molecule has 2 rings (SSSR count). The highest BCUT2D eigenvalue weighted by Crippen LogP contribution is 2.32. The van der Waals surface area contributed by atoms with E-state index in [1.807, 2.05) is 12.1 Å². The maximum absolute atomic E-state index is 12.4. The van der Waals surface area contributed by atoms with Gasteiger partial charge < -0.3 is 10.1 Å². The van der Waals surface area contributed by atoms with E-state index in [0.29, 0.717) is 23.1 Å². The summed E-state index contributed by atoms with van der Waals surface area (Å²) in [6.07, 6.45) is -0.702. The summed E-state index contributed by atoms with van der Waals surface area (Å²) in [5.41, 5.74) is 1.34. The summed E-state index contributed by atoms with van der Waals surface area (Å²) in [6.45, 7) is 0.486. The van der Waals surface area contributed by atoms with E-state index in [-0.39, 0.29) is 5.75 Å². The maximum atomic E-state index is 12.4. The van der Waals surface area contributed by atoms with Crippen molar-refractivity contribution < 1.29 is 17.9 Å². The minimum absolute atomic E-state index is 0.258. The number of benzene rings is 1. The first-order valence-corrected chi connectivity index (χ1v) is 6.91. The van der Waals surface area contributed by atoms with E-state index in [4.69, 9.17) is 0 Å². The third-order valence-electron chi connectivity index (χ3n) is 2.65. The first-order valence-electron chi connectivity index (χ1n) is 6.12. The lowest BCUT2D eigenvalue weighted by Gasteiger charge is -2.15. The average Bonchev–Trinajstić information content (AvgIpc) is 2.41. The van der Waals surface area contributed by atoms with Crippen LogP contribution in [0.15, 0.2) is 47.2 Å². The van der Waals surface area contributed by atoms with Gasteiger partial charge in [0, 0.05) is 23.4 Å². The molecule has 1 heterocycles. The van der Waals surface area contributed by atoms with Gasteiger partial charge in [0.15, 0.2) is 5.75 Å². The summed E-state index contributed by atoms with van der Waals surface area (Å²) in [4.78, 5) is 3.91. The summed E-state index contributed by atoms with van der Waals surface area (Å²) >= 11 is 3.13. The molecule has 0 saturated heterocycles. The molecule has 1 N–H and O–H groups in total. The maximum Gasteiger partial charge on any atom is 0.573 e. The monoisotopic (exact) mass is 360 g/mol. The van der Waals surface area contributed by atoms with Gasteiger partial charge in [-0.2, -0.15) is 0 Å². The molecule has 0 aliphatic heterocycles. The highest BCUT2D eigenvalue weighted by Gasteiger charge is 2.32. The zero-order valence-corrected chi connectivity index (χ0v) is 12.4. The Morgan fingerprint density at radius 3 is 2.52 bits per heavy atom. The Kier molecular flexibility index (Phi) is 5.06. The second kappa shape index (κ2) is 6.80. The molecule has 0 amide bonds. The molecular weight excluding hydrogens is 349 g/mol. The highest BCUT2D eigenvalue weighted by molar-refractivity contribution is 9.10. The second-order valence-corrected chi connectivity index (χ2v) is 5.14. The Balaban J connectivity index is 2.02. The molecule has 1 aromatic heterocycles. The summed E-state index contributed by atoms with van der Waals surface area (Å²) in [6, 6.07) is 8.19. The first-order chi connectivity index (χ1) is 9.94. The summed E-state index contributed by atoms with van der Waals surface area (Å²) < 4.78 is 41.6. The number of alkyl halides is 3. The lowest BCUT2D eigenvalue weighted by Crippen LogP contribution is -2.18. The molecule has 0 saturated carbocycles. The van der Waals surface area contributed by atoms with Gasteiger partial charge >= 0.3 is 6.36 Å². The number of ether oxygens (including phenoxy) is 1. The predicted octanol–water partition coefficient (Wildman–Crippen LogP) is 4.40. The van der Waals surface area contributed by atoms with Gasteiger partial charge in [-0.1, -0.05) is 15.9 Å². The summed E-state index contributed by atoms with van der Waals surface area (Å²) in [7, 11) is 0. The fourth-order valence-corrected chi connectivity index (χ4v) is 2.08. The van der Waals surface area contributed by atoms with Crippen LogP contribution in [0.1, 0.15) is 5.56 Å². The smallest absolute Gasteiger partial charge is 0.404 e. The molecule has 0 atom stereocenters. The Morgan fingerprint density at radius 1 is 1.14 bits per heavy atom. The fourth-order valence-electron chi connectivity index (χ4n) is 1.74. The number of anilines is 1. The summed E-state index contributed by atoms with van der Waals surface area (Å²) in [5.74, 6) is -0.258. The molecule has 21 heavy (non-hydrogen) atoms. The van der Waals surface area contributed by atoms with Crippen molar-refractivity contribution in [2.75, 3.05) is 11.9 Å². The molecular formula is C14H12BrF3N2O. The van der Waals surface area contributed by atoms with E-state index in [1.165, 1.54) is 12.1 Å². The SMILES string of the molecule is FC(F)(F)Oc1cc(Br)ccc1NCCc1ccncc1. The number of aromatic nitrogens is 1. The Bertz CT molecular complexity index is 591. The van der Waals surface area contributed by atoms with Crippen LogP contribution in [-0.4, -0.2) is 17.9 Å². The molecule has 2 aromatic rings. The van der Waals surface area contributed by atoms with Crippen molar-refractivity contribution in [3.8, 4) is 5.75 Å². The van der Waals surface area contributed by atoms with E-state index in [2.05, 4.69) is 31.0 Å². The van der Waals surface area contributed by atoms with Crippen molar-refractivity contribution in [3.05, 3.63) is 52.8 Å². The van der Waals surface area contributed by atoms with Crippen molar-refractivity contribution in [3.63, 3.8) is 0 Å². The van der Waals surface area contributed by atoms with Gasteiger partial charge in [-0.15, -0.1) is 13.2 Å². The summed E-state index contributed by atoms with van der Waals surface area (Å²) in [5, 5.41) is 2.95. The Hall–Kier alpha value is -1.76. The third-order valence-corrected chi connectivity index (χ3v) is 3.14. The van der Waals surface area contributed by atoms with E-state index >= 15 is 0 Å². The van der Waals surface area contributed by atoms with Crippen LogP contribution in [0.3, 0.4) is 0 Å². The van der Waals surface area contributed by atoms with Gasteiger partial charge in [-0.05, 0) is 42.3 Å². The highest BCUT2D eigenvalue weighted by atomic mass is 79.9. The normalized spacial score (nSPS) is 11.2. The van der Waals surface area contributed by atoms with E-state index < -0.39 is 6.36 Å². The fraction of sp³-hybridized carbons (Fsp3) is 0.214. The molecule has 0 unspecified atom stereocenters. The van der Waals surface area contributed by atoms with Gasteiger partial charge in [-0.25, -0.2) is 0 Å². The molecule has 0 radical (unpaired) electrons. The third kappa shape index (κ3) is 5.26. The van der Waals surface area contributed by atoms with E-state index in [9.17, 15) is 13.2 Å². The Labute approximate surface area is 128 Å². The number of halogens is 4. The minimum atomic E-state index is -4.72. The number of rotatable bonds is 5. The molecule has 0 bridgehead atoms. The largest absolute Gasteiger partial charge is 0.573 e. The molecule has 1 aromatic carbocycles. The Morgan fingerprint density at radius 2 is 1.86 bits per heavy atom. The standard InChI is InChI=1S/C14H12BrF3N2O/c15-11-1-2-12(13(9-11)21-14(16,17)18)20-8-5-10-3-6-19-7-4-10/h1-4,6-7,9,20H,5,8H2. The number of hydrogen-bond acceptors (Lipinski definition) is 3. The van der Waals surface area contributed by atoms with Gasteiger partial charge in [0.05, 0.1) is 5.69 Å². The van der Waals surface area contributed by atoms with Gasteiger partial charge in [-0.3, -0.25) is 4.98 Å². The molecule has 0 spiro atoms. The number of pyridine rings is 1. The van der Waals surface area contributed by atoms with Crippen molar-refractivity contribution in [1.29, 1.82) is 0 Å². The van der Waals surface area contributed by atoms with Crippen LogP contribution in [0.5, 0.6) is 5.75 Å². The van der Waals surface area contributed by atoms with Crippen LogP contribution in [0.2, 0.25) is 0 Å². The van der Waals surface area contributed by atoms with Gasteiger partial charge in [0.2, 0.25) is 0 Å². The topological polar surface area (TPSA) is 34.1 Å². The van der Waals surface area contributed by atoms with E-state index in [0.717, 1.165) is 5.56 Å². The molecule has 3 nitrogen and oxygen atoms in total. The molecule has 0 aliphatic carbocycles. The van der Waals surface area contributed by atoms with Crippen molar-refractivity contribution in [2.45, 2.75) is 12.8 Å². The van der Waals surface area contributed by atoms with Crippen LogP contribution in [0.4, 0.5) is 18.9 Å².